The summed E-state index contributed by atoms with van der Waals surface area (Å²) in [5.74, 6) is -1.01. The number of hydrogen-bond acceptors (Lipinski definition) is 5. The van der Waals surface area contributed by atoms with Crippen molar-refractivity contribution in [3.05, 3.63) is 53.3 Å². The van der Waals surface area contributed by atoms with Crippen molar-refractivity contribution in [1.82, 2.24) is 15.1 Å². The molecule has 0 bridgehead atoms. The van der Waals surface area contributed by atoms with Crippen LogP contribution in [0.4, 0.5) is 0 Å². The van der Waals surface area contributed by atoms with Crippen LogP contribution < -0.4 is 5.32 Å². The summed E-state index contributed by atoms with van der Waals surface area (Å²) < 4.78 is 7.14. The predicted octanol–water partition coefficient (Wildman–Crippen LogP) is 2.41. The number of hydrogen-bond donors (Lipinski definition) is 3. The third kappa shape index (κ3) is 5.89. The Morgan fingerprint density at radius 1 is 1.25 bits per heavy atom. The lowest BCUT2D eigenvalue weighted by Gasteiger charge is -2.22. The molecular formula is C21H29N3O4. The summed E-state index contributed by atoms with van der Waals surface area (Å²) in [6, 6.07) is 10.3. The first-order valence-corrected chi connectivity index (χ1v) is 9.95. The second-order valence-corrected chi connectivity index (χ2v) is 7.28. The first kappa shape index (κ1) is 20.5. The number of rotatable bonds is 10. The minimum absolute atomic E-state index is 0.101. The highest BCUT2D eigenvalue weighted by molar-refractivity contribution is 5.86. The van der Waals surface area contributed by atoms with E-state index in [-0.39, 0.29) is 17.8 Å². The van der Waals surface area contributed by atoms with E-state index in [0.717, 1.165) is 19.3 Å². The predicted molar refractivity (Wildman–Crippen MR) is 105 cm³/mol. The molecule has 0 spiro atoms. The van der Waals surface area contributed by atoms with E-state index in [2.05, 4.69) is 22.5 Å². The van der Waals surface area contributed by atoms with Crippen molar-refractivity contribution in [2.75, 3.05) is 19.8 Å². The SMILES string of the molecule is O=C(O)c1nn(C2CCOCC2)cc1CNCCC(O)CCc1ccccc1. The number of carboxylic acids is 1. The second kappa shape index (κ2) is 10.4. The van der Waals surface area contributed by atoms with Gasteiger partial charge in [0.2, 0.25) is 0 Å². The Morgan fingerprint density at radius 2 is 2.00 bits per heavy atom. The number of aromatic carboxylic acids is 1. The molecule has 1 unspecified atom stereocenters. The van der Waals surface area contributed by atoms with Crippen LogP contribution in [0.1, 0.15) is 53.3 Å². The molecule has 1 aromatic heterocycles. The maximum atomic E-state index is 11.5. The van der Waals surface area contributed by atoms with Crippen LogP contribution >= 0.6 is 0 Å². The van der Waals surface area contributed by atoms with E-state index in [0.29, 0.717) is 44.7 Å². The maximum Gasteiger partial charge on any atom is 0.356 e. The molecule has 2 aromatic rings. The summed E-state index contributed by atoms with van der Waals surface area (Å²) in [6.45, 7) is 2.41. The van der Waals surface area contributed by atoms with E-state index < -0.39 is 5.97 Å². The summed E-state index contributed by atoms with van der Waals surface area (Å²) in [5.41, 5.74) is 2.00. The molecule has 1 fully saturated rings. The molecule has 1 atom stereocenters. The molecule has 1 saturated heterocycles. The zero-order valence-electron chi connectivity index (χ0n) is 16.1. The number of aromatic nitrogens is 2. The summed E-state index contributed by atoms with van der Waals surface area (Å²) in [7, 11) is 0. The van der Waals surface area contributed by atoms with Gasteiger partial charge in [-0.3, -0.25) is 4.68 Å². The monoisotopic (exact) mass is 387 g/mol. The lowest BCUT2D eigenvalue weighted by Crippen LogP contribution is -2.21. The number of ether oxygens (including phenoxy) is 1. The summed E-state index contributed by atoms with van der Waals surface area (Å²) in [5, 5.41) is 27.1. The van der Waals surface area contributed by atoms with Gasteiger partial charge in [-0.25, -0.2) is 4.79 Å². The molecular weight excluding hydrogens is 358 g/mol. The average molecular weight is 387 g/mol. The molecule has 1 aliphatic rings. The normalized spacial score (nSPS) is 16.2. The highest BCUT2D eigenvalue weighted by Gasteiger charge is 2.21. The van der Waals surface area contributed by atoms with E-state index in [1.54, 1.807) is 4.68 Å². The van der Waals surface area contributed by atoms with Crippen LogP contribution in [0.3, 0.4) is 0 Å². The first-order chi connectivity index (χ1) is 13.6. The zero-order valence-corrected chi connectivity index (χ0v) is 16.1. The molecule has 7 heteroatoms. The third-order valence-electron chi connectivity index (χ3n) is 5.15. The number of aliphatic hydroxyl groups excluding tert-OH is 1. The van der Waals surface area contributed by atoms with Crippen molar-refractivity contribution in [2.24, 2.45) is 0 Å². The van der Waals surface area contributed by atoms with Crippen LogP contribution in [-0.2, 0) is 17.7 Å². The van der Waals surface area contributed by atoms with E-state index in [4.69, 9.17) is 4.74 Å². The van der Waals surface area contributed by atoms with Gasteiger partial charge in [0.15, 0.2) is 5.69 Å². The Bertz CT molecular complexity index is 741. The number of carboxylic acid groups (broad SMARTS) is 1. The molecule has 28 heavy (non-hydrogen) atoms. The van der Waals surface area contributed by atoms with Crippen LogP contribution in [0.15, 0.2) is 36.5 Å². The summed E-state index contributed by atoms with van der Waals surface area (Å²) in [6.07, 6.45) is 5.34. The topological polar surface area (TPSA) is 96.6 Å². The highest BCUT2D eigenvalue weighted by Crippen LogP contribution is 2.21. The maximum absolute atomic E-state index is 11.5. The molecule has 152 valence electrons. The highest BCUT2D eigenvalue weighted by atomic mass is 16.5. The first-order valence-electron chi connectivity index (χ1n) is 9.95. The molecule has 1 aromatic carbocycles. The standard InChI is InChI=1S/C21H29N3O4/c25-19(7-6-16-4-2-1-3-5-16)8-11-22-14-17-15-24(23-20(17)21(26)27)18-9-12-28-13-10-18/h1-5,15,18-19,22,25H,6-14H2,(H,26,27). The Balaban J connectivity index is 1.44. The van der Waals surface area contributed by atoms with Gasteiger partial charge >= 0.3 is 5.97 Å². The van der Waals surface area contributed by atoms with Gasteiger partial charge in [-0.2, -0.15) is 5.10 Å². The number of nitrogens with zero attached hydrogens (tertiary/aromatic N) is 2. The smallest absolute Gasteiger partial charge is 0.356 e. The van der Waals surface area contributed by atoms with Gasteiger partial charge in [-0.05, 0) is 44.2 Å². The third-order valence-corrected chi connectivity index (χ3v) is 5.15. The number of carbonyl (C=O) groups is 1. The van der Waals surface area contributed by atoms with Crippen LogP contribution in [0, 0.1) is 0 Å². The van der Waals surface area contributed by atoms with Crippen molar-refractivity contribution >= 4 is 5.97 Å². The van der Waals surface area contributed by atoms with Gasteiger partial charge in [0, 0.05) is 31.5 Å². The van der Waals surface area contributed by atoms with Crippen molar-refractivity contribution in [2.45, 2.75) is 50.8 Å². The lowest BCUT2D eigenvalue weighted by atomic mass is 10.1. The average Bonchev–Trinajstić information content (AvgIpc) is 3.16. The quantitative estimate of drug-likeness (QED) is 0.542. The second-order valence-electron chi connectivity index (χ2n) is 7.28. The van der Waals surface area contributed by atoms with Gasteiger partial charge in [0.25, 0.3) is 0 Å². The Hall–Kier alpha value is -2.22. The number of nitrogens with one attached hydrogen (secondary N) is 1. The molecule has 3 rings (SSSR count). The number of aliphatic hydroxyl groups is 1. The van der Waals surface area contributed by atoms with Gasteiger partial charge in [-0.1, -0.05) is 30.3 Å². The fourth-order valence-corrected chi connectivity index (χ4v) is 3.49. The van der Waals surface area contributed by atoms with Gasteiger partial charge in [0.1, 0.15) is 0 Å². The van der Waals surface area contributed by atoms with E-state index in [9.17, 15) is 15.0 Å². The largest absolute Gasteiger partial charge is 0.476 e. The molecule has 0 saturated carbocycles. The summed E-state index contributed by atoms with van der Waals surface area (Å²) >= 11 is 0. The minimum atomic E-state index is -1.01. The molecule has 2 heterocycles. The Kier molecular flexibility index (Phi) is 7.59. The van der Waals surface area contributed by atoms with E-state index >= 15 is 0 Å². The van der Waals surface area contributed by atoms with Crippen LogP contribution in [0.5, 0.6) is 0 Å². The fraction of sp³-hybridized carbons (Fsp3) is 0.524. The molecule has 0 radical (unpaired) electrons. The Labute approximate surface area is 165 Å². The van der Waals surface area contributed by atoms with Gasteiger partial charge in [0.05, 0.1) is 12.1 Å². The van der Waals surface area contributed by atoms with Crippen molar-refractivity contribution < 1.29 is 19.7 Å². The van der Waals surface area contributed by atoms with Crippen LogP contribution in [0.2, 0.25) is 0 Å². The number of aryl methyl sites for hydroxylation is 1. The van der Waals surface area contributed by atoms with Gasteiger partial charge in [-0.15, -0.1) is 0 Å². The van der Waals surface area contributed by atoms with Crippen LogP contribution in [0.25, 0.3) is 0 Å². The van der Waals surface area contributed by atoms with E-state index in [1.807, 2.05) is 24.4 Å². The van der Waals surface area contributed by atoms with Gasteiger partial charge < -0.3 is 20.3 Å². The molecule has 1 aliphatic heterocycles. The fourth-order valence-electron chi connectivity index (χ4n) is 3.49. The zero-order chi connectivity index (χ0) is 19.8. The van der Waals surface area contributed by atoms with Crippen molar-refractivity contribution in [1.29, 1.82) is 0 Å². The number of benzene rings is 1. The van der Waals surface area contributed by atoms with E-state index in [1.165, 1.54) is 5.56 Å². The molecule has 3 N–H and O–H groups in total. The Morgan fingerprint density at radius 3 is 2.71 bits per heavy atom. The molecule has 0 aliphatic carbocycles. The molecule has 7 nitrogen and oxygen atoms in total. The summed E-state index contributed by atoms with van der Waals surface area (Å²) in [4.78, 5) is 11.5. The van der Waals surface area contributed by atoms with Crippen molar-refractivity contribution in [3.63, 3.8) is 0 Å². The van der Waals surface area contributed by atoms with Crippen molar-refractivity contribution in [3.8, 4) is 0 Å². The van der Waals surface area contributed by atoms with Crippen LogP contribution in [-0.4, -0.2) is 51.8 Å². The minimum Gasteiger partial charge on any atom is -0.476 e. The lowest BCUT2D eigenvalue weighted by molar-refractivity contribution is 0.0645. The molecule has 0 amide bonds.